The van der Waals surface area contributed by atoms with Crippen LogP contribution in [0.5, 0.6) is 0 Å². The van der Waals surface area contributed by atoms with Crippen LogP contribution < -0.4 is 10.6 Å². The molecule has 23 heavy (non-hydrogen) atoms. The standard InChI is InChI=1S/C20H32N2O/c1-14(2)17-6-5-7-18(15(3)4)20(17)22-19(23)9-8-16-10-12-21-13-11-16/h5-7,14-16,21H,8-13H2,1-4H3,(H,22,23). The lowest BCUT2D eigenvalue weighted by Gasteiger charge is -2.23. The molecule has 0 atom stereocenters. The van der Waals surface area contributed by atoms with E-state index in [0.717, 1.165) is 25.2 Å². The summed E-state index contributed by atoms with van der Waals surface area (Å²) in [5.41, 5.74) is 3.53. The third-order valence-corrected chi connectivity index (χ3v) is 4.88. The van der Waals surface area contributed by atoms with Gasteiger partial charge in [0, 0.05) is 12.1 Å². The summed E-state index contributed by atoms with van der Waals surface area (Å²) in [6.45, 7) is 10.9. The van der Waals surface area contributed by atoms with Gasteiger partial charge >= 0.3 is 0 Å². The fourth-order valence-corrected chi connectivity index (χ4v) is 3.40. The van der Waals surface area contributed by atoms with E-state index >= 15 is 0 Å². The third kappa shape index (κ3) is 5.07. The molecule has 0 unspecified atom stereocenters. The Bertz CT molecular complexity index is 490. The summed E-state index contributed by atoms with van der Waals surface area (Å²) in [7, 11) is 0. The maximum Gasteiger partial charge on any atom is 0.224 e. The Hall–Kier alpha value is -1.35. The largest absolute Gasteiger partial charge is 0.326 e. The number of hydrogen-bond acceptors (Lipinski definition) is 2. The number of anilines is 1. The second kappa shape index (κ2) is 8.49. The Labute approximate surface area is 141 Å². The van der Waals surface area contributed by atoms with E-state index in [1.54, 1.807) is 0 Å². The van der Waals surface area contributed by atoms with Gasteiger partial charge in [-0.1, -0.05) is 45.9 Å². The average molecular weight is 316 g/mol. The van der Waals surface area contributed by atoms with Crippen LogP contribution in [0.3, 0.4) is 0 Å². The maximum absolute atomic E-state index is 12.5. The SMILES string of the molecule is CC(C)c1cccc(C(C)C)c1NC(=O)CCC1CCNCC1. The number of piperidine rings is 1. The Morgan fingerprint density at radius 2 is 1.70 bits per heavy atom. The first-order valence-corrected chi connectivity index (χ1v) is 9.12. The lowest BCUT2D eigenvalue weighted by Crippen LogP contribution is -2.28. The predicted octanol–water partition coefficient (Wildman–Crippen LogP) is 4.65. The molecule has 1 aliphatic rings. The van der Waals surface area contributed by atoms with Crippen LogP contribution >= 0.6 is 0 Å². The normalized spacial score (nSPS) is 16.1. The van der Waals surface area contributed by atoms with Crippen molar-refractivity contribution in [1.82, 2.24) is 5.32 Å². The smallest absolute Gasteiger partial charge is 0.224 e. The molecule has 2 N–H and O–H groups in total. The van der Waals surface area contributed by atoms with Crippen molar-refractivity contribution in [2.24, 2.45) is 5.92 Å². The zero-order chi connectivity index (χ0) is 16.8. The Morgan fingerprint density at radius 3 is 2.22 bits per heavy atom. The highest BCUT2D eigenvalue weighted by Crippen LogP contribution is 2.32. The van der Waals surface area contributed by atoms with Crippen molar-refractivity contribution in [2.45, 2.75) is 65.2 Å². The molecule has 0 spiro atoms. The molecule has 0 saturated carbocycles. The zero-order valence-corrected chi connectivity index (χ0v) is 15.1. The summed E-state index contributed by atoms with van der Waals surface area (Å²) in [5, 5.41) is 6.61. The van der Waals surface area contributed by atoms with Gasteiger partial charge in [0.15, 0.2) is 0 Å². The minimum Gasteiger partial charge on any atom is -0.326 e. The predicted molar refractivity (Wildman–Crippen MR) is 98.1 cm³/mol. The van der Waals surface area contributed by atoms with Crippen molar-refractivity contribution in [3.8, 4) is 0 Å². The van der Waals surface area contributed by atoms with Gasteiger partial charge in [0.05, 0.1) is 0 Å². The Kier molecular flexibility index (Phi) is 6.64. The molecule has 1 aromatic rings. The summed E-state index contributed by atoms with van der Waals surface area (Å²) < 4.78 is 0. The molecule has 1 aliphatic heterocycles. The minimum absolute atomic E-state index is 0.165. The van der Waals surface area contributed by atoms with E-state index in [9.17, 15) is 4.79 Å². The van der Waals surface area contributed by atoms with Crippen LogP contribution in [-0.4, -0.2) is 19.0 Å². The summed E-state index contributed by atoms with van der Waals surface area (Å²) in [4.78, 5) is 12.5. The fraction of sp³-hybridized carbons (Fsp3) is 0.650. The average Bonchev–Trinajstić information content (AvgIpc) is 2.53. The first kappa shape index (κ1) is 18.0. The summed E-state index contributed by atoms with van der Waals surface area (Å²) >= 11 is 0. The van der Waals surface area contributed by atoms with Crippen LogP contribution in [0, 0.1) is 5.92 Å². The van der Waals surface area contributed by atoms with Gasteiger partial charge < -0.3 is 10.6 Å². The number of carbonyl (C=O) groups is 1. The van der Waals surface area contributed by atoms with Crippen molar-refractivity contribution < 1.29 is 4.79 Å². The zero-order valence-electron chi connectivity index (χ0n) is 15.1. The summed E-state index contributed by atoms with van der Waals surface area (Å²) in [6.07, 6.45) is 4.04. The number of rotatable bonds is 6. The molecule has 128 valence electrons. The number of para-hydroxylation sites is 1. The van der Waals surface area contributed by atoms with Gasteiger partial charge in [0.25, 0.3) is 0 Å². The molecular formula is C20H32N2O. The van der Waals surface area contributed by atoms with Crippen LogP contribution in [-0.2, 0) is 4.79 Å². The quantitative estimate of drug-likeness (QED) is 0.802. The summed E-state index contributed by atoms with van der Waals surface area (Å²) in [6, 6.07) is 6.38. The highest BCUT2D eigenvalue weighted by Gasteiger charge is 2.18. The van der Waals surface area contributed by atoms with Crippen molar-refractivity contribution in [3.05, 3.63) is 29.3 Å². The van der Waals surface area contributed by atoms with E-state index < -0.39 is 0 Å². The van der Waals surface area contributed by atoms with E-state index in [2.05, 4.69) is 56.5 Å². The van der Waals surface area contributed by atoms with E-state index in [4.69, 9.17) is 0 Å². The van der Waals surface area contributed by atoms with E-state index in [1.807, 2.05) is 0 Å². The molecule has 1 heterocycles. The van der Waals surface area contributed by atoms with Crippen molar-refractivity contribution >= 4 is 11.6 Å². The van der Waals surface area contributed by atoms with Gasteiger partial charge in [-0.05, 0) is 61.2 Å². The third-order valence-electron chi connectivity index (χ3n) is 4.88. The molecule has 2 rings (SSSR count). The Morgan fingerprint density at radius 1 is 1.13 bits per heavy atom. The number of benzene rings is 1. The van der Waals surface area contributed by atoms with Crippen LogP contribution in [0.1, 0.15) is 76.3 Å². The number of nitrogens with one attached hydrogen (secondary N) is 2. The van der Waals surface area contributed by atoms with Gasteiger partial charge in [-0.3, -0.25) is 4.79 Å². The van der Waals surface area contributed by atoms with Crippen LogP contribution in [0.15, 0.2) is 18.2 Å². The lowest BCUT2D eigenvalue weighted by atomic mass is 9.91. The number of hydrogen-bond donors (Lipinski definition) is 2. The second-order valence-corrected chi connectivity index (χ2v) is 7.40. The van der Waals surface area contributed by atoms with E-state index in [0.29, 0.717) is 24.2 Å². The first-order valence-electron chi connectivity index (χ1n) is 9.12. The minimum atomic E-state index is 0.165. The maximum atomic E-state index is 12.5. The first-order chi connectivity index (χ1) is 11.0. The molecule has 3 heteroatoms. The molecule has 0 aliphatic carbocycles. The van der Waals surface area contributed by atoms with Crippen molar-refractivity contribution in [1.29, 1.82) is 0 Å². The second-order valence-electron chi connectivity index (χ2n) is 7.40. The molecular weight excluding hydrogens is 284 g/mol. The molecule has 0 bridgehead atoms. The lowest BCUT2D eigenvalue weighted by molar-refractivity contribution is -0.116. The van der Waals surface area contributed by atoms with Gasteiger partial charge in [-0.25, -0.2) is 0 Å². The van der Waals surface area contributed by atoms with E-state index in [-0.39, 0.29) is 5.91 Å². The molecule has 1 aromatic carbocycles. The van der Waals surface area contributed by atoms with Gasteiger partial charge in [-0.15, -0.1) is 0 Å². The summed E-state index contributed by atoms with van der Waals surface area (Å²) in [5.74, 6) is 1.69. The molecule has 3 nitrogen and oxygen atoms in total. The van der Waals surface area contributed by atoms with Crippen LogP contribution in [0.2, 0.25) is 0 Å². The molecule has 1 fully saturated rings. The molecule has 1 saturated heterocycles. The fourth-order valence-electron chi connectivity index (χ4n) is 3.40. The molecule has 0 aromatic heterocycles. The van der Waals surface area contributed by atoms with Crippen molar-refractivity contribution in [3.63, 3.8) is 0 Å². The van der Waals surface area contributed by atoms with Gasteiger partial charge in [0.2, 0.25) is 5.91 Å². The highest BCUT2D eigenvalue weighted by atomic mass is 16.1. The van der Waals surface area contributed by atoms with Crippen LogP contribution in [0.25, 0.3) is 0 Å². The van der Waals surface area contributed by atoms with Crippen molar-refractivity contribution in [2.75, 3.05) is 18.4 Å². The number of carbonyl (C=O) groups excluding carboxylic acids is 1. The monoisotopic (exact) mass is 316 g/mol. The van der Waals surface area contributed by atoms with Gasteiger partial charge in [0.1, 0.15) is 0 Å². The van der Waals surface area contributed by atoms with Crippen LogP contribution in [0.4, 0.5) is 5.69 Å². The highest BCUT2D eigenvalue weighted by molar-refractivity contribution is 5.92. The Balaban J connectivity index is 2.03. The van der Waals surface area contributed by atoms with E-state index in [1.165, 1.54) is 24.0 Å². The molecule has 1 amide bonds. The number of amides is 1. The topological polar surface area (TPSA) is 41.1 Å². The molecule has 0 radical (unpaired) electrons. The van der Waals surface area contributed by atoms with Gasteiger partial charge in [-0.2, -0.15) is 0 Å².